The third kappa shape index (κ3) is 38.9. The third-order valence-corrected chi connectivity index (χ3v) is 1.67. The van der Waals surface area contributed by atoms with Crippen LogP contribution in [0.5, 0.6) is 0 Å². The molecule has 0 fully saturated rings. The zero-order chi connectivity index (χ0) is 15.1. The maximum atomic E-state index is 3.77. The molecule has 0 saturated heterocycles. The van der Waals surface area contributed by atoms with E-state index in [-0.39, 0.29) is 54.9 Å². The Bertz CT molecular complexity index is 311. The van der Waals surface area contributed by atoms with Crippen molar-refractivity contribution in [3.05, 3.63) is 97.9 Å². The molecule has 0 aliphatic rings. The van der Waals surface area contributed by atoms with Gasteiger partial charge in [0.15, 0.2) is 0 Å². The van der Waals surface area contributed by atoms with Crippen LogP contribution in [-0.2, 0) is 49.5 Å². The van der Waals surface area contributed by atoms with E-state index in [9.17, 15) is 0 Å². The second kappa shape index (κ2) is 21.5. The van der Waals surface area contributed by atoms with Gasteiger partial charge >= 0.3 is 0 Å². The summed E-state index contributed by atoms with van der Waals surface area (Å²) in [6.45, 7) is 10.0. The summed E-state index contributed by atoms with van der Waals surface area (Å²) >= 11 is 0. The molecule has 3 aromatic carbocycles. The van der Waals surface area contributed by atoms with Gasteiger partial charge in [-0.05, 0) is 0 Å². The van der Waals surface area contributed by atoms with Crippen molar-refractivity contribution in [3.8, 4) is 0 Å². The van der Waals surface area contributed by atoms with Crippen LogP contribution in [0, 0.1) is 12.3 Å². The molecule has 3 heteroatoms. The van der Waals surface area contributed by atoms with Gasteiger partial charge in [0.05, 0.1) is 0 Å². The van der Waals surface area contributed by atoms with Crippen LogP contribution in [-0.4, -0.2) is 0 Å². The Balaban J connectivity index is -0.000000100. The first kappa shape index (κ1) is 30.4. The molecule has 144 valence electrons. The smallest absolute Gasteiger partial charge is 0 e. The Kier molecular flexibility index (Phi) is 28.5. The van der Waals surface area contributed by atoms with E-state index in [0.29, 0.717) is 0 Å². The van der Waals surface area contributed by atoms with Gasteiger partial charge in [0.1, 0.15) is 0 Å². The van der Waals surface area contributed by atoms with Gasteiger partial charge in [0, 0.05) is 49.5 Å². The molecule has 0 aromatic heterocycles. The second-order valence-corrected chi connectivity index (χ2v) is 5.45. The minimum atomic E-state index is 0. The van der Waals surface area contributed by atoms with Crippen molar-refractivity contribution in [3.63, 3.8) is 0 Å². The summed E-state index contributed by atoms with van der Waals surface area (Å²) in [6.07, 6.45) is 0. The second-order valence-electron chi connectivity index (χ2n) is 5.45. The van der Waals surface area contributed by atoms with Crippen molar-refractivity contribution in [2.45, 2.75) is 20.8 Å². The molecule has 0 radical (unpaired) electrons. The van der Waals surface area contributed by atoms with Crippen molar-refractivity contribution in [2.24, 2.45) is 5.41 Å². The molecule has 3 aromatic rings. The van der Waals surface area contributed by atoms with E-state index in [2.05, 4.69) is 27.7 Å². The van der Waals surface area contributed by atoms with E-state index in [1.807, 2.05) is 91.0 Å². The van der Waals surface area contributed by atoms with Crippen molar-refractivity contribution < 1.29 is 49.5 Å². The quantitative estimate of drug-likeness (QED) is 0.293. The molecule has 3 rings (SSSR count). The molecule has 23 heavy (non-hydrogen) atoms. The van der Waals surface area contributed by atoms with Crippen LogP contribution in [0.25, 0.3) is 0 Å². The summed E-state index contributed by atoms with van der Waals surface area (Å²) in [5, 5.41) is 0. The SMILES string of the molecule is [CH2-]C(C)(C)C.[Ni].[Ni].[Ni].[cH-]1[cH-][cH-][cH-][cH-]1.c1cc[cH-]c1.c1cc[cH-]c1. The zero-order valence-electron chi connectivity index (χ0n) is 13.8. The minimum absolute atomic E-state index is 0. The van der Waals surface area contributed by atoms with Crippen LogP contribution < -0.4 is 0 Å². The first-order chi connectivity index (χ1) is 9.50. The van der Waals surface area contributed by atoms with Gasteiger partial charge in [-0.2, -0.15) is 41.8 Å². The molecule has 0 aliphatic carbocycles. The monoisotopic (exact) mass is 440 g/mol. The zero-order valence-corrected chi connectivity index (χ0v) is 16.8. The van der Waals surface area contributed by atoms with E-state index < -0.39 is 0 Å². The first-order valence-electron chi connectivity index (χ1n) is 6.85. The van der Waals surface area contributed by atoms with Gasteiger partial charge in [-0.15, -0.1) is 0 Å². The number of hydrogen-bond acceptors (Lipinski definition) is 0. The fraction of sp³-hybridized carbons (Fsp3) is 0.200. The van der Waals surface area contributed by atoms with Crippen molar-refractivity contribution in [1.29, 1.82) is 0 Å². The molecule has 0 saturated carbocycles. The molecule has 0 spiro atoms. The van der Waals surface area contributed by atoms with Gasteiger partial charge < -0.3 is 37.3 Å². The Labute approximate surface area is 172 Å². The molecule has 0 nitrogen and oxygen atoms in total. The Morgan fingerprint density at radius 1 is 0.565 bits per heavy atom. The van der Waals surface area contributed by atoms with E-state index in [1.54, 1.807) is 0 Å². The fourth-order valence-corrected chi connectivity index (χ4v) is 0.962. The molecule has 0 aliphatic heterocycles. The summed E-state index contributed by atoms with van der Waals surface area (Å²) in [7, 11) is 0. The maximum Gasteiger partial charge on any atom is 0 e. The minimum Gasteiger partial charge on any atom is -0.748 e. The number of hydrogen-bond donors (Lipinski definition) is 0. The molecule has 0 heterocycles. The predicted octanol–water partition coefficient (Wildman–Crippen LogP) is 6.08. The number of rotatable bonds is 0. The summed E-state index contributed by atoms with van der Waals surface area (Å²) in [5.41, 5.74) is 0.250. The van der Waals surface area contributed by atoms with Crippen molar-refractivity contribution in [1.82, 2.24) is 0 Å². The predicted molar refractivity (Wildman–Crippen MR) is 90.9 cm³/mol. The first-order valence-corrected chi connectivity index (χ1v) is 6.85. The molecule has 0 unspecified atom stereocenters. The van der Waals surface area contributed by atoms with E-state index in [1.165, 1.54) is 0 Å². The average molecular weight is 443 g/mol. The van der Waals surface area contributed by atoms with Crippen LogP contribution in [0.3, 0.4) is 0 Å². The van der Waals surface area contributed by atoms with Gasteiger partial charge in [0.2, 0.25) is 0 Å². The van der Waals surface area contributed by atoms with Gasteiger partial charge in [0.25, 0.3) is 0 Å². The normalized spacial score (nSPS) is 7.83. The summed E-state index contributed by atoms with van der Waals surface area (Å²) in [5.74, 6) is 0. The van der Waals surface area contributed by atoms with Crippen LogP contribution in [0.1, 0.15) is 20.8 Å². The summed E-state index contributed by atoms with van der Waals surface area (Å²) < 4.78 is 0. The summed E-state index contributed by atoms with van der Waals surface area (Å²) in [6, 6.07) is 30.0. The van der Waals surface area contributed by atoms with Crippen molar-refractivity contribution in [2.75, 3.05) is 0 Å². The molecular weight excluding hydrogens is 416 g/mol. The van der Waals surface area contributed by atoms with Crippen LogP contribution in [0.2, 0.25) is 0 Å². The molecule has 0 atom stereocenters. The Morgan fingerprint density at radius 3 is 0.826 bits per heavy atom. The Hall–Kier alpha value is -0.469. The largest absolute Gasteiger partial charge is 0.748 e. The van der Waals surface area contributed by atoms with Crippen molar-refractivity contribution >= 4 is 0 Å². The van der Waals surface area contributed by atoms with Crippen LogP contribution in [0.15, 0.2) is 91.0 Å². The van der Waals surface area contributed by atoms with Gasteiger partial charge in [-0.3, -0.25) is 0 Å². The van der Waals surface area contributed by atoms with E-state index in [4.69, 9.17) is 0 Å². The standard InChI is InChI=1S/3C5H5.C5H11.3Ni/c3*1-2-4-5-3-1;1-5(2,3)4;;;/h3*1-5H;1H2,2-4H3;;;/q-5;3*-1;;;. The van der Waals surface area contributed by atoms with E-state index >= 15 is 0 Å². The van der Waals surface area contributed by atoms with Gasteiger partial charge in [-0.1, -0.05) is 20.8 Å². The topological polar surface area (TPSA) is 0 Å². The Morgan fingerprint density at radius 2 is 0.739 bits per heavy atom. The molecular formula is C20H26Ni3-8. The summed E-state index contributed by atoms with van der Waals surface area (Å²) in [4.78, 5) is 0. The fourth-order valence-electron chi connectivity index (χ4n) is 0.962. The molecule has 0 bridgehead atoms. The van der Waals surface area contributed by atoms with E-state index in [0.717, 1.165) is 0 Å². The van der Waals surface area contributed by atoms with Gasteiger partial charge in [-0.25, -0.2) is 24.3 Å². The maximum absolute atomic E-state index is 3.77. The van der Waals surface area contributed by atoms with Crippen LogP contribution in [0.4, 0.5) is 0 Å². The average Bonchev–Trinajstić information content (AvgIpc) is 3.17. The molecule has 0 N–H and O–H groups in total. The third-order valence-electron chi connectivity index (χ3n) is 1.67. The molecule has 0 amide bonds. The van der Waals surface area contributed by atoms with Crippen LogP contribution >= 0.6 is 0 Å².